The standard InChI is InChI=1S/C7H5BrF2O2/c1-12-7-4(9)2-3(8)6(11)5(7)10/h2,11H,1H3. The minimum atomic E-state index is -1.11. The van der Waals surface area contributed by atoms with Crippen LogP contribution in [0.5, 0.6) is 11.5 Å². The van der Waals surface area contributed by atoms with E-state index in [1.165, 1.54) is 0 Å². The van der Waals surface area contributed by atoms with Crippen molar-refractivity contribution < 1.29 is 18.6 Å². The summed E-state index contributed by atoms with van der Waals surface area (Å²) in [6.07, 6.45) is 0. The van der Waals surface area contributed by atoms with Crippen LogP contribution in [0.1, 0.15) is 0 Å². The van der Waals surface area contributed by atoms with Gasteiger partial charge in [-0.25, -0.2) is 4.39 Å². The zero-order valence-electron chi connectivity index (χ0n) is 6.07. The van der Waals surface area contributed by atoms with E-state index in [0.717, 1.165) is 13.2 Å². The number of rotatable bonds is 1. The summed E-state index contributed by atoms with van der Waals surface area (Å²) in [6, 6.07) is 0.928. The highest BCUT2D eigenvalue weighted by atomic mass is 79.9. The van der Waals surface area contributed by atoms with Gasteiger partial charge in [-0.1, -0.05) is 0 Å². The molecule has 0 radical (unpaired) electrons. The molecule has 12 heavy (non-hydrogen) atoms. The molecule has 0 atom stereocenters. The van der Waals surface area contributed by atoms with Gasteiger partial charge < -0.3 is 9.84 Å². The molecule has 0 saturated heterocycles. The number of aromatic hydroxyl groups is 1. The van der Waals surface area contributed by atoms with Crippen LogP contribution in [0.3, 0.4) is 0 Å². The minimum absolute atomic E-state index is 0.0432. The van der Waals surface area contributed by atoms with Crippen molar-refractivity contribution in [3.05, 3.63) is 22.2 Å². The Hall–Kier alpha value is -0.840. The lowest BCUT2D eigenvalue weighted by Gasteiger charge is -2.05. The first-order chi connectivity index (χ1) is 5.57. The molecule has 1 N–H and O–H groups in total. The van der Waals surface area contributed by atoms with Crippen LogP contribution in [0.15, 0.2) is 10.5 Å². The summed E-state index contributed by atoms with van der Waals surface area (Å²) in [5.41, 5.74) is 0. The van der Waals surface area contributed by atoms with Gasteiger partial charge in [0.25, 0.3) is 0 Å². The Morgan fingerprint density at radius 2 is 2.08 bits per heavy atom. The Kier molecular flexibility index (Phi) is 2.52. The lowest BCUT2D eigenvalue weighted by atomic mass is 10.3. The molecule has 0 heterocycles. The second kappa shape index (κ2) is 3.26. The molecule has 1 aromatic rings. The van der Waals surface area contributed by atoms with Crippen molar-refractivity contribution in [1.29, 1.82) is 0 Å². The van der Waals surface area contributed by atoms with Crippen LogP contribution in [-0.2, 0) is 0 Å². The maximum atomic E-state index is 12.9. The monoisotopic (exact) mass is 238 g/mol. The summed E-state index contributed by atoms with van der Waals surface area (Å²) >= 11 is 2.77. The summed E-state index contributed by atoms with van der Waals surface area (Å²) in [7, 11) is 1.12. The first-order valence-electron chi connectivity index (χ1n) is 2.98. The van der Waals surface area contributed by atoms with E-state index in [4.69, 9.17) is 5.11 Å². The smallest absolute Gasteiger partial charge is 0.210 e. The Morgan fingerprint density at radius 3 is 2.58 bits per heavy atom. The molecule has 1 rings (SSSR count). The van der Waals surface area contributed by atoms with E-state index < -0.39 is 23.1 Å². The van der Waals surface area contributed by atoms with E-state index >= 15 is 0 Å². The van der Waals surface area contributed by atoms with Crippen LogP contribution in [0.25, 0.3) is 0 Å². The van der Waals surface area contributed by atoms with Gasteiger partial charge in [0.1, 0.15) is 0 Å². The van der Waals surface area contributed by atoms with Crippen LogP contribution >= 0.6 is 15.9 Å². The third kappa shape index (κ3) is 1.36. The van der Waals surface area contributed by atoms with Crippen molar-refractivity contribution in [2.24, 2.45) is 0 Å². The zero-order chi connectivity index (χ0) is 9.30. The van der Waals surface area contributed by atoms with Gasteiger partial charge in [0.2, 0.25) is 5.82 Å². The van der Waals surface area contributed by atoms with Gasteiger partial charge in [-0.05, 0) is 22.0 Å². The molecule has 0 aliphatic rings. The summed E-state index contributed by atoms with van der Waals surface area (Å²) in [6.45, 7) is 0. The van der Waals surface area contributed by atoms with Crippen LogP contribution in [-0.4, -0.2) is 12.2 Å². The molecule has 5 heteroatoms. The number of phenolic OH excluding ortho intramolecular Hbond substituents is 1. The summed E-state index contributed by atoms with van der Waals surface area (Å²) in [4.78, 5) is 0. The fourth-order valence-corrected chi connectivity index (χ4v) is 1.12. The normalized spacial score (nSPS) is 10.0. The first kappa shape index (κ1) is 9.25. The predicted octanol–water partition coefficient (Wildman–Crippen LogP) is 2.44. The van der Waals surface area contributed by atoms with Gasteiger partial charge in [-0.2, -0.15) is 4.39 Å². The predicted molar refractivity (Wildman–Crippen MR) is 42.3 cm³/mol. The van der Waals surface area contributed by atoms with E-state index in [1.54, 1.807) is 0 Å². The van der Waals surface area contributed by atoms with Crippen molar-refractivity contribution >= 4 is 15.9 Å². The number of hydrogen-bond donors (Lipinski definition) is 1. The van der Waals surface area contributed by atoms with E-state index in [9.17, 15) is 8.78 Å². The molecule has 0 saturated carbocycles. The number of halogens is 3. The van der Waals surface area contributed by atoms with E-state index in [-0.39, 0.29) is 4.47 Å². The lowest BCUT2D eigenvalue weighted by molar-refractivity contribution is 0.341. The number of phenols is 1. The van der Waals surface area contributed by atoms with Crippen molar-refractivity contribution in [1.82, 2.24) is 0 Å². The number of hydrogen-bond acceptors (Lipinski definition) is 2. The van der Waals surface area contributed by atoms with Gasteiger partial charge >= 0.3 is 0 Å². The average molecular weight is 239 g/mol. The summed E-state index contributed by atoms with van der Waals surface area (Å²) < 4.78 is 30.0. The Morgan fingerprint density at radius 1 is 1.50 bits per heavy atom. The SMILES string of the molecule is COc1c(F)cc(Br)c(O)c1F. The summed E-state index contributed by atoms with van der Waals surface area (Å²) in [5.74, 6) is -3.21. The molecule has 0 aliphatic heterocycles. The topological polar surface area (TPSA) is 29.5 Å². The quantitative estimate of drug-likeness (QED) is 0.815. The van der Waals surface area contributed by atoms with Gasteiger partial charge in [-0.15, -0.1) is 0 Å². The van der Waals surface area contributed by atoms with Crippen molar-refractivity contribution in [3.8, 4) is 11.5 Å². The van der Waals surface area contributed by atoms with Gasteiger partial charge in [0, 0.05) is 0 Å². The van der Waals surface area contributed by atoms with E-state index in [2.05, 4.69) is 20.7 Å². The molecule has 0 spiro atoms. The highest BCUT2D eigenvalue weighted by molar-refractivity contribution is 9.10. The molecule has 0 aromatic heterocycles. The zero-order valence-corrected chi connectivity index (χ0v) is 7.65. The molecule has 2 nitrogen and oxygen atoms in total. The highest BCUT2D eigenvalue weighted by Crippen LogP contribution is 2.35. The van der Waals surface area contributed by atoms with Crippen LogP contribution < -0.4 is 4.74 Å². The van der Waals surface area contributed by atoms with Gasteiger partial charge in [0.15, 0.2) is 17.3 Å². The van der Waals surface area contributed by atoms with Gasteiger partial charge in [-0.3, -0.25) is 0 Å². The maximum absolute atomic E-state index is 12.9. The molecule has 0 fully saturated rings. The molecule has 0 amide bonds. The summed E-state index contributed by atoms with van der Waals surface area (Å²) in [5, 5.41) is 8.97. The third-order valence-corrected chi connectivity index (χ3v) is 1.91. The molecule has 0 bridgehead atoms. The van der Waals surface area contributed by atoms with Crippen molar-refractivity contribution in [3.63, 3.8) is 0 Å². The number of benzene rings is 1. The molecule has 1 aromatic carbocycles. The lowest BCUT2D eigenvalue weighted by Crippen LogP contribution is -1.93. The average Bonchev–Trinajstić information content (AvgIpc) is 2.01. The van der Waals surface area contributed by atoms with Gasteiger partial charge in [0.05, 0.1) is 11.6 Å². The number of ether oxygens (including phenoxy) is 1. The van der Waals surface area contributed by atoms with E-state index in [0.29, 0.717) is 0 Å². The first-order valence-corrected chi connectivity index (χ1v) is 3.77. The largest absolute Gasteiger partial charge is 0.504 e. The molecule has 0 unspecified atom stereocenters. The van der Waals surface area contributed by atoms with Crippen LogP contribution in [0.4, 0.5) is 8.78 Å². The Balaban J connectivity index is 3.40. The highest BCUT2D eigenvalue weighted by Gasteiger charge is 2.16. The Bertz CT molecular complexity index is 315. The van der Waals surface area contributed by atoms with Crippen molar-refractivity contribution in [2.45, 2.75) is 0 Å². The molecular weight excluding hydrogens is 234 g/mol. The molecule has 66 valence electrons. The van der Waals surface area contributed by atoms with E-state index in [1.807, 2.05) is 0 Å². The molecular formula is C7H5BrF2O2. The fraction of sp³-hybridized carbons (Fsp3) is 0.143. The second-order valence-electron chi connectivity index (χ2n) is 2.04. The third-order valence-electron chi connectivity index (χ3n) is 1.31. The van der Waals surface area contributed by atoms with Crippen molar-refractivity contribution in [2.75, 3.05) is 7.11 Å². The van der Waals surface area contributed by atoms with Crippen LogP contribution in [0.2, 0.25) is 0 Å². The molecule has 0 aliphatic carbocycles. The second-order valence-corrected chi connectivity index (χ2v) is 2.89. The Labute approximate surface area is 75.9 Å². The maximum Gasteiger partial charge on any atom is 0.210 e. The minimum Gasteiger partial charge on any atom is -0.504 e. The fourth-order valence-electron chi connectivity index (χ4n) is 0.749. The van der Waals surface area contributed by atoms with Crippen LogP contribution in [0, 0.1) is 11.6 Å². The number of methoxy groups -OCH3 is 1.